The number of H-pyrrole nitrogens is 2. The van der Waals surface area contributed by atoms with Gasteiger partial charge >= 0.3 is 0 Å². The van der Waals surface area contributed by atoms with Crippen molar-refractivity contribution in [3.8, 4) is 11.3 Å². The second-order valence-electron chi connectivity index (χ2n) is 4.81. The molecule has 3 N–H and O–H groups in total. The van der Waals surface area contributed by atoms with Crippen molar-refractivity contribution in [2.24, 2.45) is 0 Å². The third kappa shape index (κ3) is 3.05. The monoisotopic (exact) mass is 283 g/mol. The molecular weight excluding hydrogens is 266 g/mol. The second-order valence-corrected chi connectivity index (χ2v) is 4.81. The van der Waals surface area contributed by atoms with Crippen LogP contribution in [0.5, 0.6) is 0 Å². The zero-order chi connectivity index (χ0) is 14.7. The summed E-state index contributed by atoms with van der Waals surface area (Å²) in [7, 11) is 0. The molecule has 0 atom stereocenters. The standard InChI is InChI=1S/C15H17N5O/c1-2-20-10-11(9-17-20)8-16-13-5-3-12(4-6-13)14-7-15(21)19-18-14/h3-7,9-10,16H,2,8H2,1H3,(H2,18,19,21). The van der Waals surface area contributed by atoms with Gasteiger partial charge in [0.1, 0.15) is 0 Å². The van der Waals surface area contributed by atoms with E-state index < -0.39 is 0 Å². The van der Waals surface area contributed by atoms with Gasteiger partial charge in [0.2, 0.25) is 0 Å². The lowest BCUT2D eigenvalue weighted by molar-refractivity contribution is 0.659. The SMILES string of the molecule is CCn1cc(CNc2ccc(-c3cc(=O)[nH][nH]3)cc2)cn1. The molecule has 3 rings (SSSR count). The predicted octanol–water partition coefficient (Wildman–Crippen LogP) is 2.20. The zero-order valence-electron chi connectivity index (χ0n) is 11.8. The van der Waals surface area contributed by atoms with Crippen molar-refractivity contribution in [3.05, 3.63) is 58.6 Å². The lowest BCUT2D eigenvalue weighted by Gasteiger charge is -2.05. The first-order valence-corrected chi connectivity index (χ1v) is 6.88. The van der Waals surface area contributed by atoms with Gasteiger partial charge < -0.3 is 5.32 Å². The van der Waals surface area contributed by atoms with Gasteiger partial charge in [-0.1, -0.05) is 12.1 Å². The van der Waals surface area contributed by atoms with Gasteiger partial charge in [0.05, 0.1) is 11.9 Å². The van der Waals surface area contributed by atoms with Gasteiger partial charge in [0.15, 0.2) is 0 Å². The van der Waals surface area contributed by atoms with Gasteiger partial charge in [0.25, 0.3) is 5.56 Å². The van der Waals surface area contributed by atoms with Crippen molar-refractivity contribution >= 4 is 5.69 Å². The van der Waals surface area contributed by atoms with Crippen LogP contribution >= 0.6 is 0 Å². The van der Waals surface area contributed by atoms with E-state index in [1.807, 2.05) is 41.3 Å². The molecule has 3 aromatic rings. The van der Waals surface area contributed by atoms with Gasteiger partial charge in [-0.2, -0.15) is 5.10 Å². The number of anilines is 1. The van der Waals surface area contributed by atoms with E-state index in [0.29, 0.717) is 0 Å². The molecule has 0 aliphatic carbocycles. The van der Waals surface area contributed by atoms with Crippen molar-refractivity contribution in [3.63, 3.8) is 0 Å². The normalized spacial score (nSPS) is 10.7. The summed E-state index contributed by atoms with van der Waals surface area (Å²) in [6, 6.07) is 9.46. The van der Waals surface area contributed by atoms with Crippen LogP contribution in [-0.4, -0.2) is 20.0 Å². The van der Waals surface area contributed by atoms with E-state index in [0.717, 1.165) is 35.6 Å². The molecule has 21 heavy (non-hydrogen) atoms. The fourth-order valence-electron chi connectivity index (χ4n) is 2.13. The molecule has 0 unspecified atom stereocenters. The molecule has 0 aliphatic rings. The molecule has 0 fully saturated rings. The Balaban J connectivity index is 1.65. The largest absolute Gasteiger partial charge is 0.381 e. The number of hydrogen-bond donors (Lipinski definition) is 3. The van der Waals surface area contributed by atoms with Crippen LogP contribution in [0.3, 0.4) is 0 Å². The Morgan fingerprint density at radius 3 is 2.67 bits per heavy atom. The quantitative estimate of drug-likeness (QED) is 0.671. The summed E-state index contributed by atoms with van der Waals surface area (Å²) in [5, 5.41) is 13.0. The first-order chi connectivity index (χ1) is 10.2. The highest BCUT2D eigenvalue weighted by Crippen LogP contribution is 2.18. The van der Waals surface area contributed by atoms with Crippen LogP contribution in [0.15, 0.2) is 47.5 Å². The number of nitrogens with zero attached hydrogens (tertiary/aromatic N) is 2. The van der Waals surface area contributed by atoms with Crippen molar-refractivity contribution in [1.29, 1.82) is 0 Å². The Hall–Kier alpha value is -2.76. The molecule has 0 bridgehead atoms. The first kappa shape index (κ1) is 13.2. The third-order valence-electron chi connectivity index (χ3n) is 3.30. The number of aromatic nitrogens is 4. The van der Waals surface area contributed by atoms with E-state index in [1.54, 1.807) is 6.07 Å². The van der Waals surface area contributed by atoms with Crippen molar-refractivity contribution < 1.29 is 0 Å². The Labute approximate surface area is 121 Å². The molecule has 108 valence electrons. The maximum Gasteiger partial charge on any atom is 0.264 e. The van der Waals surface area contributed by atoms with Crippen molar-refractivity contribution in [2.75, 3.05) is 5.32 Å². The summed E-state index contributed by atoms with van der Waals surface area (Å²) in [5.41, 5.74) is 3.81. The molecule has 0 amide bonds. The average molecular weight is 283 g/mol. The number of rotatable bonds is 5. The fourth-order valence-corrected chi connectivity index (χ4v) is 2.13. The molecule has 0 radical (unpaired) electrons. The molecule has 0 aliphatic heterocycles. The van der Waals surface area contributed by atoms with E-state index in [1.165, 1.54) is 0 Å². The van der Waals surface area contributed by atoms with E-state index in [9.17, 15) is 4.79 Å². The second kappa shape index (κ2) is 5.70. The molecule has 2 heterocycles. The van der Waals surface area contributed by atoms with Gasteiger partial charge in [-0.25, -0.2) is 0 Å². The molecule has 0 spiro atoms. The van der Waals surface area contributed by atoms with E-state index >= 15 is 0 Å². The highest BCUT2D eigenvalue weighted by molar-refractivity contribution is 5.62. The Kier molecular flexibility index (Phi) is 3.59. The van der Waals surface area contributed by atoms with Gasteiger partial charge in [-0.15, -0.1) is 0 Å². The summed E-state index contributed by atoms with van der Waals surface area (Å²) in [6.07, 6.45) is 3.90. The lowest BCUT2D eigenvalue weighted by atomic mass is 10.1. The summed E-state index contributed by atoms with van der Waals surface area (Å²) < 4.78 is 1.91. The van der Waals surface area contributed by atoms with E-state index in [-0.39, 0.29) is 5.56 Å². The Morgan fingerprint density at radius 2 is 2.05 bits per heavy atom. The number of benzene rings is 1. The van der Waals surface area contributed by atoms with Gasteiger partial charge in [-0.05, 0) is 24.6 Å². The smallest absolute Gasteiger partial charge is 0.264 e. The zero-order valence-corrected chi connectivity index (χ0v) is 11.8. The fraction of sp³-hybridized carbons (Fsp3) is 0.200. The molecule has 0 saturated heterocycles. The summed E-state index contributed by atoms with van der Waals surface area (Å²) in [4.78, 5) is 11.1. The summed E-state index contributed by atoms with van der Waals surface area (Å²) in [5.74, 6) is 0. The van der Waals surface area contributed by atoms with Crippen LogP contribution in [0.2, 0.25) is 0 Å². The van der Waals surface area contributed by atoms with Crippen LogP contribution < -0.4 is 10.9 Å². The molecule has 2 aromatic heterocycles. The van der Waals surface area contributed by atoms with E-state index in [2.05, 4.69) is 27.5 Å². The topological polar surface area (TPSA) is 78.5 Å². The Morgan fingerprint density at radius 1 is 1.24 bits per heavy atom. The van der Waals surface area contributed by atoms with E-state index in [4.69, 9.17) is 0 Å². The van der Waals surface area contributed by atoms with Gasteiger partial charge in [0, 0.05) is 36.6 Å². The van der Waals surface area contributed by atoms with Gasteiger partial charge in [-0.3, -0.25) is 19.7 Å². The first-order valence-electron chi connectivity index (χ1n) is 6.88. The predicted molar refractivity (Wildman–Crippen MR) is 82.1 cm³/mol. The number of aryl methyl sites for hydroxylation is 1. The molecular formula is C15H17N5O. The van der Waals surface area contributed by atoms with Crippen LogP contribution in [-0.2, 0) is 13.1 Å². The van der Waals surface area contributed by atoms with Crippen LogP contribution in [0, 0.1) is 0 Å². The van der Waals surface area contributed by atoms with Crippen LogP contribution in [0.4, 0.5) is 5.69 Å². The summed E-state index contributed by atoms with van der Waals surface area (Å²) in [6.45, 7) is 3.68. The van der Waals surface area contributed by atoms with Crippen molar-refractivity contribution in [2.45, 2.75) is 20.0 Å². The third-order valence-corrected chi connectivity index (χ3v) is 3.30. The average Bonchev–Trinajstić information content (AvgIpc) is 3.14. The minimum Gasteiger partial charge on any atom is -0.381 e. The minimum absolute atomic E-state index is 0.125. The lowest BCUT2D eigenvalue weighted by Crippen LogP contribution is -1.98. The number of nitrogens with one attached hydrogen (secondary N) is 3. The number of aromatic amines is 2. The van der Waals surface area contributed by atoms with Crippen molar-refractivity contribution in [1.82, 2.24) is 20.0 Å². The highest BCUT2D eigenvalue weighted by atomic mass is 16.1. The molecule has 0 saturated carbocycles. The summed E-state index contributed by atoms with van der Waals surface area (Å²) >= 11 is 0. The highest BCUT2D eigenvalue weighted by Gasteiger charge is 2.01. The molecule has 1 aromatic carbocycles. The maximum atomic E-state index is 11.1. The van der Waals surface area contributed by atoms with Crippen LogP contribution in [0.25, 0.3) is 11.3 Å². The van der Waals surface area contributed by atoms with Crippen LogP contribution in [0.1, 0.15) is 12.5 Å². The maximum absolute atomic E-state index is 11.1. The molecule has 6 nitrogen and oxygen atoms in total. The Bertz CT molecular complexity index is 766. The molecule has 6 heteroatoms. The minimum atomic E-state index is -0.125. The number of hydrogen-bond acceptors (Lipinski definition) is 3.